The highest BCUT2D eigenvalue weighted by molar-refractivity contribution is 5.76. The number of carbonyl (C=O) groups excluding carboxylic acids is 1. The van der Waals surface area contributed by atoms with Gasteiger partial charge in [0.15, 0.2) is 0 Å². The molecule has 1 atom stereocenters. The maximum Gasteiger partial charge on any atom is 0.311 e. The lowest BCUT2D eigenvalue weighted by Crippen LogP contribution is -2.30. The van der Waals surface area contributed by atoms with Crippen LogP contribution in [0, 0.1) is 5.41 Å². The fourth-order valence-corrected chi connectivity index (χ4v) is 3.96. The molecule has 0 aromatic carbocycles. The molecule has 0 rings (SSSR count). The number of ether oxygens (including phenoxy) is 1. The highest BCUT2D eigenvalue weighted by Gasteiger charge is 2.33. The Morgan fingerprint density at radius 1 is 0.571 bits per heavy atom. The van der Waals surface area contributed by atoms with Gasteiger partial charge in [-0.25, -0.2) is 0 Å². The van der Waals surface area contributed by atoms with Gasteiger partial charge in [-0.2, -0.15) is 0 Å². The molecule has 0 aliphatic carbocycles. The zero-order valence-electron chi connectivity index (χ0n) is 20.0. The van der Waals surface area contributed by atoms with Crippen LogP contribution in [-0.2, 0) is 9.53 Å². The first-order valence-electron chi connectivity index (χ1n) is 12.8. The molecule has 1 unspecified atom stereocenters. The van der Waals surface area contributed by atoms with Crippen LogP contribution in [0.1, 0.15) is 150 Å². The van der Waals surface area contributed by atoms with E-state index in [1.54, 1.807) is 0 Å². The Bertz CT molecular complexity index is 339. The van der Waals surface area contributed by atoms with E-state index in [2.05, 4.69) is 27.7 Å². The molecule has 0 saturated carbocycles. The van der Waals surface area contributed by atoms with E-state index >= 15 is 0 Å². The molecule has 0 aliphatic rings. The average molecular weight is 397 g/mol. The Labute approximate surface area is 177 Å². The van der Waals surface area contributed by atoms with E-state index in [0.29, 0.717) is 6.61 Å². The summed E-state index contributed by atoms with van der Waals surface area (Å²) in [6.07, 6.45) is 23.5. The van der Waals surface area contributed by atoms with E-state index in [9.17, 15) is 4.79 Å². The molecule has 2 nitrogen and oxygen atoms in total. The van der Waals surface area contributed by atoms with Gasteiger partial charge in [0.25, 0.3) is 0 Å². The first-order valence-corrected chi connectivity index (χ1v) is 12.8. The highest BCUT2D eigenvalue weighted by Crippen LogP contribution is 2.33. The van der Waals surface area contributed by atoms with Gasteiger partial charge in [-0.05, 0) is 26.2 Å². The Kier molecular flexibility index (Phi) is 19.4. The molecule has 0 saturated heterocycles. The molecule has 168 valence electrons. The Morgan fingerprint density at radius 2 is 0.929 bits per heavy atom. The highest BCUT2D eigenvalue weighted by atomic mass is 16.5. The minimum atomic E-state index is -0.264. The summed E-state index contributed by atoms with van der Waals surface area (Å²) in [5.74, 6) is 0.0727. The molecular weight excluding hydrogens is 344 g/mol. The van der Waals surface area contributed by atoms with Crippen molar-refractivity contribution in [2.75, 3.05) is 6.61 Å². The minimum absolute atomic E-state index is 0.0727. The van der Waals surface area contributed by atoms with Crippen molar-refractivity contribution in [2.24, 2.45) is 5.41 Å². The van der Waals surface area contributed by atoms with Crippen molar-refractivity contribution in [3.63, 3.8) is 0 Å². The molecule has 0 aromatic rings. The first-order chi connectivity index (χ1) is 13.6. The third-order valence-electron chi connectivity index (χ3n) is 6.14. The summed E-state index contributed by atoms with van der Waals surface area (Å²) in [4.78, 5) is 12.8. The summed E-state index contributed by atoms with van der Waals surface area (Å²) in [5.41, 5.74) is -0.264. The molecule has 0 heterocycles. The van der Waals surface area contributed by atoms with Crippen LogP contribution in [0.5, 0.6) is 0 Å². The quantitative estimate of drug-likeness (QED) is 0.143. The van der Waals surface area contributed by atoms with Gasteiger partial charge >= 0.3 is 5.97 Å². The van der Waals surface area contributed by atoms with Gasteiger partial charge in [-0.3, -0.25) is 4.79 Å². The lowest BCUT2D eigenvalue weighted by atomic mass is 9.79. The van der Waals surface area contributed by atoms with Crippen molar-refractivity contribution < 1.29 is 9.53 Å². The van der Waals surface area contributed by atoms with Crippen molar-refractivity contribution in [3.05, 3.63) is 0 Å². The second-order valence-electron chi connectivity index (χ2n) is 9.15. The number of carbonyl (C=O) groups is 1. The van der Waals surface area contributed by atoms with E-state index < -0.39 is 0 Å². The van der Waals surface area contributed by atoms with Gasteiger partial charge in [0.2, 0.25) is 0 Å². The maximum absolute atomic E-state index is 12.8. The standard InChI is InChI=1S/C26H52O2/c1-5-8-11-14-16-18-21-24-28-25(27)26(4,22-19-13-10-7-3)23-20-17-15-12-9-6-2/h5-24H2,1-4H3. The SMILES string of the molecule is CCCCCCCCCOC(=O)C(C)(CCCCCC)CCCCCCCC. The zero-order valence-corrected chi connectivity index (χ0v) is 20.0. The largest absolute Gasteiger partial charge is 0.465 e. The van der Waals surface area contributed by atoms with Crippen molar-refractivity contribution in [1.29, 1.82) is 0 Å². The lowest BCUT2D eigenvalue weighted by molar-refractivity contribution is -0.156. The molecule has 0 aliphatic heterocycles. The van der Waals surface area contributed by atoms with Crippen molar-refractivity contribution >= 4 is 5.97 Å². The second kappa shape index (κ2) is 19.8. The summed E-state index contributed by atoms with van der Waals surface area (Å²) in [5, 5.41) is 0. The fraction of sp³-hybridized carbons (Fsp3) is 0.962. The van der Waals surface area contributed by atoms with E-state index in [0.717, 1.165) is 25.7 Å². The monoisotopic (exact) mass is 396 g/mol. The Hall–Kier alpha value is -0.530. The number of hydrogen-bond acceptors (Lipinski definition) is 2. The van der Waals surface area contributed by atoms with E-state index in [1.165, 1.54) is 96.3 Å². The van der Waals surface area contributed by atoms with E-state index in [1.807, 2.05) is 0 Å². The molecule has 0 bridgehead atoms. The molecule has 0 radical (unpaired) electrons. The molecule has 2 heteroatoms. The molecule has 28 heavy (non-hydrogen) atoms. The zero-order chi connectivity index (χ0) is 20.9. The van der Waals surface area contributed by atoms with Gasteiger partial charge in [-0.1, -0.05) is 124 Å². The van der Waals surface area contributed by atoms with E-state index in [-0.39, 0.29) is 11.4 Å². The molecular formula is C26H52O2. The average Bonchev–Trinajstić information content (AvgIpc) is 2.70. The first kappa shape index (κ1) is 27.5. The maximum atomic E-state index is 12.8. The summed E-state index contributed by atoms with van der Waals surface area (Å²) in [6, 6.07) is 0. The topological polar surface area (TPSA) is 26.3 Å². The predicted octanol–water partition coefficient (Wildman–Crippen LogP) is 9.01. The number of unbranched alkanes of at least 4 members (excludes halogenated alkanes) is 14. The summed E-state index contributed by atoms with van der Waals surface area (Å²) in [6.45, 7) is 9.54. The summed E-state index contributed by atoms with van der Waals surface area (Å²) < 4.78 is 5.75. The van der Waals surface area contributed by atoms with Crippen LogP contribution >= 0.6 is 0 Å². The molecule has 0 N–H and O–H groups in total. The van der Waals surface area contributed by atoms with Gasteiger partial charge in [-0.15, -0.1) is 0 Å². The molecule has 0 spiro atoms. The van der Waals surface area contributed by atoms with Crippen molar-refractivity contribution in [2.45, 2.75) is 150 Å². The number of rotatable bonds is 21. The van der Waals surface area contributed by atoms with Crippen LogP contribution in [0.2, 0.25) is 0 Å². The lowest BCUT2D eigenvalue weighted by Gasteiger charge is -2.27. The van der Waals surface area contributed by atoms with Crippen molar-refractivity contribution in [3.8, 4) is 0 Å². The van der Waals surface area contributed by atoms with Gasteiger partial charge in [0.05, 0.1) is 12.0 Å². The van der Waals surface area contributed by atoms with Gasteiger partial charge in [0.1, 0.15) is 0 Å². The van der Waals surface area contributed by atoms with Gasteiger partial charge < -0.3 is 4.74 Å². The fourth-order valence-electron chi connectivity index (χ4n) is 3.96. The van der Waals surface area contributed by atoms with Crippen molar-refractivity contribution in [1.82, 2.24) is 0 Å². The minimum Gasteiger partial charge on any atom is -0.465 e. The summed E-state index contributed by atoms with van der Waals surface area (Å²) in [7, 11) is 0. The second-order valence-corrected chi connectivity index (χ2v) is 9.15. The van der Waals surface area contributed by atoms with Crippen LogP contribution < -0.4 is 0 Å². The summed E-state index contributed by atoms with van der Waals surface area (Å²) >= 11 is 0. The number of hydrogen-bond donors (Lipinski definition) is 0. The van der Waals surface area contributed by atoms with Gasteiger partial charge in [0, 0.05) is 0 Å². The van der Waals surface area contributed by atoms with Crippen LogP contribution in [-0.4, -0.2) is 12.6 Å². The normalized spacial score (nSPS) is 13.4. The Balaban J connectivity index is 4.17. The van der Waals surface area contributed by atoms with Crippen LogP contribution in [0.4, 0.5) is 0 Å². The third kappa shape index (κ3) is 15.4. The third-order valence-corrected chi connectivity index (χ3v) is 6.14. The van der Waals surface area contributed by atoms with Crippen LogP contribution in [0.25, 0.3) is 0 Å². The molecule has 0 amide bonds. The van der Waals surface area contributed by atoms with Crippen LogP contribution in [0.15, 0.2) is 0 Å². The predicted molar refractivity (Wildman–Crippen MR) is 124 cm³/mol. The molecule has 0 aromatic heterocycles. The molecule has 0 fully saturated rings. The van der Waals surface area contributed by atoms with E-state index in [4.69, 9.17) is 4.74 Å². The smallest absolute Gasteiger partial charge is 0.311 e. The van der Waals surface area contributed by atoms with Crippen LogP contribution in [0.3, 0.4) is 0 Å². The Morgan fingerprint density at radius 3 is 1.39 bits per heavy atom. The number of esters is 1.